The molecule has 0 spiro atoms. The van der Waals surface area contributed by atoms with Gasteiger partial charge >= 0.3 is 0 Å². The van der Waals surface area contributed by atoms with Crippen LogP contribution in [0.3, 0.4) is 0 Å². The quantitative estimate of drug-likeness (QED) is 0.626. The monoisotopic (exact) mass is 370 g/mol. The van der Waals surface area contributed by atoms with Gasteiger partial charge in [0.2, 0.25) is 0 Å². The summed E-state index contributed by atoms with van der Waals surface area (Å²) in [7, 11) is 0. The van der Waals surface area contributed by atoms with Crippen molar-refractivity contribution in [3.05, 3.63) is 64.1 Å². The van der Waals surface area contributed by atoms with Crippen LogP contribution in [0.15, 0.2) is 58.6 Å². The molecule has 0 radical (unpaired) electrons. The average Bonchev–Trinajstić information content (AvgIpc) is 2.56. The second kappa shape index (κ2) is 8.16. The van der Waals surface area contributed by atoms with Gasteiger partial charge in [0.05, 0.1) is 6.61 Å². The lowest BCUT2D eigenvalue weighted by atomic mass is 10.1. The Morgan fingerprint density at radius 2 is 1.96 bits per heavy atom. The lowest BCUT2D eigenvalue weighted by Gasteiger charge is -2.08. The number of ether oxygens (including phenoxy) is 1. The van der Waals surface area contributed by atoms with E-state index in [-0.39, 0.29) is 5.57 Å². The van der Waals surface area contributed by atoms with Crippen molar-refractivity contribution in [1.82, 2.24) is 0 Å². The first-order chi connectivity index (χ1) is 11.1. The van der Waals surface area contributed by atoms with E-state index in [0.29, 0.717) is 23.6 Å². The predicted octanol–water partition coefficient (Wildman–Crippen LogP) is 4.39. The maximum absolute atomic E-state index is 12.2. The minimum Gasteiger partial charge on any atom is -0.493 e. The summed E-state index contributed by atoms with van der Waals surface area (Å²) in [5, 5.41) is 12.0. The number of nitrogens with one attached hydrogen (secondary N) is 1. The number of carbonyl (C=O) groups is 1. The Labute approximate surface area is 143 Å². The molecule has 0 atom stereocenters. The average molecular weight is 371 g/mol. The highest BCUT2D eigenvalue weighted by Crippen LogP contribution is 2.21. The molecule has 0 aliphatic rings. The number of carbonyl (C=O) groups excluding carboxylic acids is 1. The van der Waals surface area contributed by atoms with Gasteiger partial charge in [0.25, 0.3) is 5.91 Å². The van der Waals surface area contributed by atoms with E-state index in [1.54, 1.807) is 24.3 Å². The van der Waals surface area contributed by atoms with E-state index in [4.69, 9.17) is 4.74 Å². The molecule has 0 aromatic heterocycles. The molecule has 0 aliphatic carbocycles. The number of anilines is 1. The van der Waals surface area contributed by atoms with Crippen molar-refractivity contribution < 1.29 is 9.53 Å². The number of benzene rings is 2. The summed E-state index contributed by atoms with van der Waals surface area (Å²) >= 11 is 3.33. The first kappa shape index (κ1) is 16.8. The van der Waals surface area contributed by atoms with E-state index >= 15 is 0 Å². The molecule has 116 valence electrons. The van der Waals surface area contributed by atoms with Crippen molar-refractivity contribution in [3.8, 4) is 11.8 Å². The lowest BCUT2D eigenvalue weighted by molar-refractivity contribution is -0.112. The molecule has 2 aromatic rings. The number of hydrogen-bond donors (Lipinski definition) is 1. The molecule has 2 rings (SSSR count). The van der Waals surface area contributed by atoms with Crippen molar-refractivity contribution in [2.24, 2.45) is 0 Å². The number of amides is 1. The molecule has 5 heteroatoms. The van der Waals surface area contributed by atoms with Gasteiger partial charge in [-0.15, -0.1) is 0 Å². The topological polar surface area (TPSA) is 62.1 Å². The molecule has 0 heterocycles. The normalized spacial score (nSPS) is 10.7. The van der Waals surface area contributed by atoms with E-state index in [9.17, 15) is 10.1 Å². The molecule has 0 aliphatic heterocycles. The highest BCUT2D eigenvalue weighted by Gasteiger charge is 2.11. The number of rotatable bonds is 5. The molecular weight excluding hydrogens is 356 g/mol. The van der Waals surface area contributed by atoms with Crippen LogP contribution >= 0.6 is 15.9 Å². The van der Waals surface area contributed by atoms with Crippen LogP contribution in [-0.4, -0.2) is 12.5 Å². The Morgan fingerprint density at radius 3 is 2.61 bits per heavy atom. The Morgan fingerprint density at radius 1 is 1.26 bits per heavy atom. The van der Waals surface area contributed by atoms with Crippen LogP contribution in [0.25, 0.3) is 6.08 Å². The standard InChI is InChI=1S/C18H15BrN2O2/c1-2-23-17-6-4-3-5-13(17)11-14(12-20)18(22)21-16-9-7-15(19)8-10-16/h3-11H,2H2,1H3,(H,21,22)/b14-11+. The number of para-hydroxylation sites is 1. The third-order valence-electron chi connectivity index (χ3n) is 2.99. The van der Waals surface area contributed by atoms with E-state index in [1.807, 2.05) is 37.3 Å². The summed E-state index contributed by atoms with van der Waals surface area (Å²) in [6.45, 7) is 2.39. The lowest BCUT2D eigenvalue weighted by Crippen LogP contribution is -2.13. The van der Waals surface area contributed by atoms with Gasteiger partial charge in [-0.1, -0.05) is 34.1 Å². The Balaban J connectivity index is 2.23. The first-order valence-electron chi connectivity index (χ1n) is 7.04. The molecule has 0 bridgehead atoms. The minimum absolute atomic E-state index is 0.0140. The van der Waals surface area contributed by atoms with Gasteiger partial charge in [-0.3, -0.25) is 4.79 Å². The van der Waals surface area contributed by atoms with Crippen molar-refractivity contribution >= 4 is 33.6 Å². The molecule has 2 aromatic carbocycles. The Hall–Kier alpha value is -2.58. The minimum atomic E-state index is -0.457. The van der Waals surface area contributed by atoms with E-state index in [2.05, 4.69) is 21.2 Å². The van der Waals surface area contributed by atoms with Gasteiger partial charge in [0.15, 0.2) is 0 Å². The van der Waals surface area contributed by atoms with Gasteiger partial charge in [0.1, 0.15) is 17.4 Å². The molecule has 0 saturated heterocycles. The summed E-state index contributed by atoms with van der Waals surface area (Å²) in [6.07, 6.45) is 1.53. The summed E-state index contributed by atoms with van der Waals surface area (Å²) < 4.78 is 6.42. The van der Waals surface area contributed by atoms with Crippen LogP contribution in [-0.2, 0) is 4.79 Å². The van der Waals surface area contributed by atoms with Crippen LogP contribution in [0.4, 0.5) is 5.69 Å². The third-order valence-corrected chi connectivity index (χ3v) is 3.51. The smallest absolute Gasteiger partial charge is 0.266 e. The third kappa shape index (κ3) is 4.70. The van der Waals surface area contributed by atoms with Crippen LogP contribution in [0.2, 0.25) is 0 Å². The van der Waals surface area contributed by atoms with Gasteiger partial charge in [-0.2, -0.15) is 5.26 Å². The maximum Gasteiger partial charge on any atom is 0.266 e. The zero-order valence-corrected chi connectivity index (χ0v) is 14.1. The molecular formula is C18H15BrN2O2. The second-order valence-corrected chi connectivity index (χ2v) is 5.52. The largest absolute Gasteiger partial charge is 0.493 e. The van der Waals surface area contributed by atoms with Crippen molar-refractivity contribution in [2.45, 2.75) is 6.92 Å². The number of nitrogens with zero attached hydrogens (tertiary/aromatic N) is 1. The number of nitriles is 1. The molecule has 0 saturated carbocycles. The van der Waals surface area contributed by atoms with Crippen molar-refractivity contribution in [3.63, 3.8) is 0 Å². The fourth-order valence-electron chi connectivity index (χ4n) is 1.92. The van der Waals surface area contributed by atoms with Crippen molar-refractivity contribution in [1.29, 1.82) is 5.26 Å². The first-order valence-corrected chi connectivity index (χ1v) is 7.84. The Kier molecular flexibility index (Phi) is 5.95. The van der Waals surface area contributed by atoms with Gasteiger partial charge in [-0.05, 0) is 43.3 Å². The fourth-order valence-corrected chi connectivity index (χ4v) is 2.19. The van der Waals surface area contributed by atoms with Gasteiger partial charge in [0, 0.05) is 15.7 Å². The molecule has 1 amide bonds. The van der Waals surface area contributed by atoms with Crippen LogP contribution < -0.4 is 10.1 Å². The number of hydrogen-bond acceptors (Lipinski definition) is 3. The summed E-state index contributed by atoms with van der Waals surface area (Å²) in [6, 6.07) is 16.4. The van der Waals surface area contributed by atoms with Crippen molar-refractivity contribution in [2.75, 3.05) is 11.9 Å². The molecule has 4 nitrogen and oxygen atoms in total. The van der Waals surface area contributed by atoms with E-state index in [1.165, 1.54) is 6.08 Å². The maximum atomic E-state index is 12.2. The van der Waals surface area contributed by atoms with Crippen LogP contribution in [0.5, 0.6) is 5.75 Å². The van der Waals surface area contributed by atoms with E-state index < -0.39 is 5.91 Å². The molecule has 0 unspecified atom stereocenters. The summed E-state index contributed by atoms with van der Waals surface area (Å²) in [4.78, 5) is 12.2. The predicted molar refractivity (Wildman–Crippen MR) is 94.0 cm³/mol. The van der Waals surface area contributed by atoms with E-state index in [0.717, 1.165) is 4.47 Å². The zero-order chi connectivity index (χ0) is 16.7. The molecule has 1 N–H and O–H groups in total. The second-order valence-electron chi connectivity index (χ2n) is 4.60. The zero-order valence-electron chi connectivity index (χ0n) is 12.5. The number of halogens is 1. The van der Waals surface area contributed by atoms with Crippen LogP contribution in [0, 0.1) is 11.3 Å². The Bertz CT molecular complexity index is 761. The summed E-state index contributed by atoms with van der Waals surface area (Å²) in [5.74, 6) is 0.181. The SMILES string of the molecule is CCOc1ccccc1/C=C(\C#N)C(=O)Nc1ccc(Br)cc1. The fraction of sp³-hybridized carbons (Fsp3) is 0.111. The highest BCUT2D eigenvalue weighted by atomic mass is 79.9. The highest BCUT2D eigenvalue weighted by molar-refractivity contribution is 9.10. The van der Waals surface area contributed by atoms with Gasteiger partial charge in [-0.25, -0.2) is 0 Å². The molecule has 23 heavy (non-hydrogen) atoms. The van der Waals surface area contributed by atoms with Crippen LogP contribution in [0.1, 0.15) is 12.5 Å². The van der Waals surface area contributed by atoms with Gasteiger partial charge < -0.3 is 10.1 Å². The molecule has 0 fully saturated rings. The summed E-state index contributed by atoms with van der Waals surface area (Å²) in [5.41, 5.74) is 1.33.